The first-order valence-corrected chi connectivity index (χ1v) is 8.55. The van der Waals surface area contributed by atoms with Gasteiger partial charge in [-0.15, -0.1) is 0 Å². The Kier molecular flexibility index (Phi) is 4.27. The van der Waals surface area contributed by atoms with E-state index < -0.39 is 5.82 Å². The number of carbonyl (C=O) groups excluding carboxylic acids is 1. The smallest absolute Gasteiger partial charge is 0.275 e. The number of anilines is 1. The lowest BCUT2D eigenvalue weighted by atomic mass is 10.1. The molecule has 0 atom stereocenters. The fraction of sp³-hybridized carbons (Fsp3) is 0.278. The molecular formula is C18H17FN6O2. The Labute approximate surface area is 153 Å². The second-order valence-corrected chi connectivity index (χ2v) is 6.32. The number of nitrogens with one attached hydrogen (secondary N) is 1. The minimum atomic E-state index is -0.439. The molecule has 1 fully saturated rings. The molecule has 138 valence electrons. The zero-order chi connectivity index (χ0) is 19.0. The molecule has 1 N–H and O–H groups in total. The van der Waals surface area contributed by atoms with Crippen molar-refractivity contribution in [3.8, 4) is 0 Å². The van der Waals surface area contributed by atoms with Crippen molar-refractivity contribution in [2.24, 2.45) is 0 Å². The van der Waals surface area contributed by atoms with Gasteiger partial charge in [0.15, 0.2) is 17.3 Å². The fourth-order valence-electron chi connectivity index (χ4n) is 3.21. The number of hydrogen-bond acceptors (Lipinski definition) is 6. The van der Waals surface area contributed by atoms with Crippen LogP contribution in [0.3, 0.4) is 0 Å². The van der Waals surface area contributed by atoms with E-state index >= 15 is 0 Å². The van der Waals surface area contributed by atoms with Gasteiger partial charge in [-0.3, -0.25) is 9.59 Å². The van der Waals surface area contributed by atoms with Crippen LogP contribution in [0.5, 0.6) is 0 Å². The Morgan fingerprint density at radius 1 is 1.11 bits per heavy atom. The summed E-state index contributed by atoms with van der Waals surface area (Å²) in [5, 5.41) is 7.29. The van der Waals surface area contributed by atoms with Crippen molar-refractivity contribution >= 4 is 22.5 Å². The van der Waals surface area contributed by atoms with Crippen LogP contribution in [-0.2, 0) is 0 Å². The lowest BCUT2D eigenvalue weighted by Crippen LogP contribution is -2.49. The zero-order valence-corrected chi connectivity index (χ0v) is 14.6. The first-order chi connectivity index (χ1) is 13.1. The first kappa shape index (κ1) is 17.1. The molecule has 1 aliphatic heterocycles. The molecule has 0 bridgehead atoms. The Balaban J connectivity index is 1.55. The normalized spacial score (nSPS) is 14.6. The third-order valence-electron chi connectivity index (χ3n) is 4.71. The fourth-order valence-corrected chi connectivity index (χ4v) is 3.21. The van der Waals surface area contributed by atoms with Crippen LogP contribution in [0.2, 0.25) is 0 Å². The number of amides is 1. The van der Waals surface area contributed by atoms with Gasteiger partial charge in [-0.1, -0.05) is 18.2 Å². The van der Waals surface area contributed by atoms with E-state index in [1.807, 2.05) is 0 Å². The van der Waals surface area contributed by atoms with Crippen LogP contribution >= 0.6 is 0 Å². The minimum absolute atomic E-state index is 0.211. The quantitative estimate of drug-likeness (QED) is 0.728. The van der Waals surface area contributed by atoms with Crippen LogP contribution in [0.1, 0.15) is 16.2 Å². The highest BCUT2D eigenvalue weighted by atomic mass is 19.1. The number of aryl methyl sites for hydroxylation is 1. The molecule has 0 aliphatic carbocycles. The number of rotatable bonds is 2. The maximum Gasteiger partial charge on any atom is 0.275 e. The Morgan fingerprint density at radius 2 is 1.81 bits per heavy atom. The molecule has 1 aromatic carbocycles. The van der Waals surface area contributed by atoms with E-state index in [4.69, 9.17) is 0 Å². The molecule has 8 nitrogen and oxygen atoms in total. The van der Waals surface area contributed by atoms with Gasteiger partial charge in [0.25, 0.3) is 11.5 Å². The Morgan fingerprint density at radius 3 is 2.56 bits per heavy atom. The van der Waals surface area contributed by atoms with Crippen molar-refractivity contribution < 1.29 is 9.18 Å². The molecule has 0 spiro atoms. The summed E-state index contributed by atoms with van der Waals surface area (Å²) in [6.07, 6.45) is 1.33. The highest BCUT2D eigenvalue weighted by Gasteiger charge is 2.27. The van der Waals surface area contributed by atoms with Crippen LogP contribution in [0, 0.1) is 12.7 Å². The van der Waals surface area contributed by atoms with Gasteiger partial charge in [0, 0.05) is 31.6 Å². The second kappa shape index (κ2) is 6.75. The molecule has 27 heavy (non-hydrogen) atoms. The summed E-state index contributed by atoms with van der Waals surface area (Å²) >= 11 is 0. The highest BCUT2D eigenvalue weighted by Crippen LogP contribution is 2.20. The van der Waals surface area contributed by atoms with E-state index in [-0.39, 0.29) is 23.0 Å². The molecule has 0 radical (unpaired) electrons. The third-order valence-corrected chi connectivity index (χ3v) is 4.71. The Bertz CT molecular complexity index is 1070. The SMILES string of the molecule is Cc1ncnc(N2CCN(C(=O)c3n[nH]c(=O)c4ccccc34)CC2)c1F. The molecule has 1 saturated heterocycles. The lowest BCUT2D eigenvalue weighted by molar-refractivity contribution is 0.0741. The lowest BCUT2D eigenvalue weighted by Gasteiger charge is -2.35. The number of carbonyl (C=O) groups is 1. The Hall–Kier alpha value is -3.36. The van der Waals surface area contributed by atoms with Gasteiger partial charge in [-0.25, -0.2) is 19.5 Å². The molecule has 9 heteroatoms. The largest absolute Gasteiger partial charge is 0.351 e. The first-order valence-electron chi connectivity index (χ1n) is 8.55. The summed E-state index contributed by atoms with van der Waals surface area (Å²) < 4.78 is 14.2. The van der Waals surface area contributed by atoms with Gasteiger partial charge in [-0.05, 0) is 13.0 Å². The van der Waals surface area contributed by atoms with E-state index in [9.17, 15) is 14.0 Å². The number of piperazine rings is 1. The van der Waals surface area contributed by atoms with E-state index in [0.717, 1.165) is 0 Å². The standard InChI is InChI=1S/C18H17FN6O2/c1-11-14(19)16(21-10-20-11)24-6-8-25(9-7-24)18(27)15-12-4-2-3-5-13(12)17(26)23-22-15/h2-5,10H,6-9H2,1H3,(H,23,26). The van der Waals surface area contributed by atoms with Crippen LogP contribution in [-0.4, -0.2) is 57.2 Å². The van der Waals surface area contributed by atoms with Gasteiger partial charge in [-0.2, -0.15) is 5.10 Å². The van der Waals surface area contributed by atoms with Crippen molar-refractivity contribution in [3.63, 3.8) is 0 Å². The van der Waals surface area contributed by atoms with Crippen molar-refractivity contribution in [1.82, 2.24) is 25.1 Å². The summed E-state index contributed by atoms with van der Waals surface area (Å²) in [4.78, 5) is 36.1. The van der Waals surface area contributed by atoms with Gasteiger partial charge in [0.2, 0.25) is 0 Å². The van der Waals surface area contributed by atoms with Gasteiger partial charge in [0.05, 0.1) is 11.1 Å². The monoisotopic (exact) mass is 368 g/mol. The molecule has 4 rings (SSSR count). The molecule has 3 aromatic rings. The molecule has 0 saturated carbocycles. The van der Waals surface area contributed by atoms with E-state index in [1.165, 1.54) is 6.33 Å². The van der Waals surface area contributed by atoms with Gasteiger partial charge < -0.3 is 9.80 Å². The molecule has 0 unspecified atom stereocenters. The van der Waals surface area contributed by atoms with E-state index in [1.54, 1.807) is 41.0 Å². The minimum Gasteiger partial charge on any atom is -0.351 e. The van der Waals surface area contributed by atoms with E-state index in [2.05, 4.69) is 20.2 Å². The molecule has 1 amide bonds. The predicted octanol–water partition coefficient (Wildman–Crippen LogP) is 1.12. The number of aromatic amines is 1. The van der Waals surface area contributed by atoms with Gasteiger partial charge in [0.1, 0.15) is 6.33 Å². The number of hydrogen-bond donors (Lipinski definition) is 1. The topological polar surface area (TPSA) is 95.1 Å². The van der Waals surface area contributed by atoms with Crippen LogP contribution < -0.4 is 10.5 Å². The number of nitrogens with zero attached hydrogens (tertiary/aromatic N) is 5. The third kappa shape index (κ3) is 3.01. The van der Waals surface area contributed by atoms with Crippen molar-refractivity contribution in [2.45, 2.75) is 6.92 Å². The molecular weight excluding hydrogens is 351 g/mol. The summed E-state index contributed by atoms with van der Waals surface area (Å²) in [6.45, 7) is 3.28. The number of halogens is 1. The number of fused-ring (bicyclic) bond motifs is 1. The maximum atomic E-state index is 14.2. The molecule has 3 heterocycles. The molecule has 2 aromatic heterocycles. The average Bonchev–Trinajstić information content (AvgIpc) is 2.70. The average molecular weight is 368 g/mol. The number of aromatic nitrogens is 4. The summed E-state index contributed by atoms with van der Waals surface area (Å²) in [5.74, 6) is -0.450. The van der Waals surface area contributed by atoms with Crippen molar-refractivity contribution in [3.05, 3.63) is 58.2 Å². The van der Waals surface area contributed by atoms with E-state index in [0.29, 0.717) is 42.6 Å². The van der Waals surface area contributed by atoms with Gasteiger partial charge >= 0.3 is 0 Å². The summed E-state index contributed by atoms with van der Waals surface area (Å²) in [5.41, 5.74) is 0.173. The van der Waals surface area contributed by atoms with Crippen LogP contribution in [0.4, 0.5) is 10.2 Å². The summed E-state index contributed by atoms with van der Waals surface area (Å²) in [7, 11) is 0. The second-order valence-electron chi connectivity index (χ2n) is 6.32. The number of H-pyrrole nitrogens is 1. The van der Waals surface area contributed by atoms with Crippen molar-refractivity contribution in [1.29, 1.82) is 0 Å². The highest BCUT2D eigenvalue weighted by molar-refractivity contribution is 6.04. The zero-order valence-electron chi connectivity index (χ0n) is 14.6. The number of benzene rings is 1. The van der Waals surface area contributed by atoms with Crippen LogP contribution in [0.25, 0.3) is 10.8 Å². The van der Waals surface area contributed by atoms with Crippen molar-refractivity contribution in [2.75, 3.05) is 31.1 Å². The maximum absolute atomic E-state index is 14.2. The predicted molar refractivity (Wildman–Crippen MR) is 97.2 cm³/mol. The summed E-state index contributed by atoms with van der Waals surface area (Å²) in [6, 6.07) is 6.87. The molecule has 1 aliphatic rings. The van der Waals surface area contributed by atoms with Crippen LogP contribution in [0.15, 0.2) is 35.4 Å².